The number of fused-ring (bicyclic) bond motifs is 1. The molecule has 0 unspecified atom stereocenters. The number of nitrogens with zero attached hydrogens (tertiary/aromatic N) is 1. The summed E-state index contributed by atoms with van der Waals surface area (Å²) in [5.41, 5.74) is 3.96. The van der Waals surface area contributed by atoms with Crippen molar-refractivity contribution < 1.29 is 9.53 Å². The predicted molar refractivity (Wildman–Crippen MR) is 107 cm³/mol. The summed E-state index contributed by atoms with van der Waals surface area (Å²) in [5, 5.41) is 0.669. The lowest BCUT2D eigenvalue weighted by Crippen LogP contribution is -2.40. The maximum Gasteiger partial charge on any atom is 0.254 e. The second-order valence-corrected chi connectivity index (χ2v) is 7.01. The fraction of sp³-hybridized carbons (Fsp3) is 0.174. The van der Waals surface area contributed by atoms with E-state index in [1.54, 1.807) is 13.2 Å². The molecule has 4 heteroatoms. The highest BCUT2D eigenvalue weighted by Gasteiger charge is 2.33. The molecule has 0 aromatic heterocycles. The van der Waals surface area contributed by atoms with Crippen LogP contribution in [-0.2, 0) is 6.42 Å². The van der Waals surface area contributed by atoms with Crippen molar-refractivity contribution in [3.8, 4) is 5.75 Å². The van der Waals surface area contributed by atoms with Crippen molar-refractivity contribution in [2.24, 2.45) is 0 Å². The van der Waals surface area contributed by atoms with Gasteiger partial charge in [-0.05, 0) is 47.4 Å². The Labute approximate surface area is 164 Å². The van der Waals surface area contributed by atoms with Gasteiger partial charge in [0.15, 0.2) is 0 Å². The van der Waals surface area contributed by atoms with E-state index in [4.69, 9.17) is 16.3 Å². The molecule has 3 aromatic carbocycles. The third kappa shape index (κ3) is 3.31. The molecule has 27 heavy (non-hydrogen) atoms. The molecule has 1 aliphatic heterocycles. The Morgan fingerprint density at radius 1 is 1.00 bits per heavy atom. The number of benzene rings is 3. The van der Waals surface area contributed by atoms with Crippen molar-refractivity contribution in [3.63, 3.8) is 0 Å². The van der Waals surface area contributed by atoms with Crippen LogP contribution in [0.5, 0.6) is 5.75 Å². The van der Waals surface area contributed by atoms with Gasteiger partial charge in [0.2, 0.25) is 0 Å². The molecule has 0 N–H and O–H groups in total. The molecule has 136 valence electrons. The molecule has 1 heterocycles. The van der Waals surface area contributed by atoms with Crippen molar-refractivity contribution in [2.75, 3.05) is 13.7 Å². The molecule has 4 rings (SSSR count). The van der Waals surface area contributed by atoms with Crippen LogP contribution in [0.2, 0.25) is 5.02 Å². The van der Waals surface area contributed by atoms with Crippen molar-refractivity contribution in [1.29, 1.82) is 0 Å². The Morgan fingerprint density at radius 2 is 1.74 bits per heavy atom. The van der Waals surface area contributed by atoms with Gasteiger partial charge in [-0.3, -0.25) is 4.79 Å². The van der Waals surface area contributed by atoms with E-state index in [0.717, 1.165) is 17.5 Å². The zero-order valence-corrected chi connectivity index (χ0v) is 15.8. The first-order valence-electron chi connectivity index (χ1n) is 8.96. The number of ether oxygens (including phenoxy) is 1. The molecule has 0 radical (unpaired) electrons. The highest BCUT2D eigenvalue weighted by Crippen LogP contribution is 2.39. The second kappa shape index (κ2) is 7.45. The highest BCUT2D eigenvalue weighted by molar-refractivity contribution is 6.31. The number of hydrogen-bond acceptors (Lipinski definition) is 2. The van der Waals surface area contributed by atoms with Gasteiger partial charge in [0, 0.05) is 17.1 Å². The lowest BCUT2D eigenvalue weighted by atomic mass is 9.87. The van der Waals surface area contributed by atoms with E-state index >= 15 is 0 Å². The molecule has 0 saturated carbocycles. The number of methoxy groups -OCH3 is 1. The molecule has 0 bridgehead atoms. The van der Waals surface area contributed by atoms with E-state index in [9.17, 15) is 4.79 Å². The smallest absolute Gasteiger partial charge is 0.254 e. The average Bonchev–Trinajstić information content (AvgIpc) is 2.73. The van der Waals surface area contributed by atoms with Crippen molar-refractivity contribution in [3.05, 3.63) is 100 Å². The Kier molecular flexibility index (Phi) is 4.87. The van der Waals surface area contributed by atoms with Crippen LogP contribution in [-0.4, -0.2) is 24.5 Å². The quantitative estimate of drug-likeness (QED) is 0.632. The van der Waals surface area contributed by atoms with Crippen LogP contribution in [0.4, 0.5) is 0 Å². The van der Waals surface area contributed by atoms with Crippen LogP contribution in [0, 0.1) is 0 Å². The first kappa shape index (κ1) is 17.6. The van der Waals surface area contributed by atoms with E-state index in [2.05, 4.69) is 12.1 Å². The summed E-state index contributed by atoms with van der Waals surface area (Å²) in [5.74, 6) is 0.654. The van der Waals surface area contributed by atoms with Gasteiger partial charge in [-0.2, -0.15) is 0 Å². The van der Waals surface area contributed by atoms with Gasteiger partial charge in [-0.15, -0.1) is 0 Å². The maximum absolute atomic E-state index is 13.4. The summed E-state index contributed by atoms with van der Waals surface area (Å²) < 4.78 is 5.29. The van der Waals surface area contributed by atoms with Crippen LogP contribution in [0.3, 0.4) is 0 Å². The van der Waals surface area contributed by atoms with Gasteiger partial charge in [-0.1, -0.05) is 60.1 Å². The fourth-order valence-electron chi connectivity index (χ4n) is 3.74. The normalized spacial score (nSPS) is 15.9. The Balaban J connectivity index is 1.81. The minimum atomic E-state index is -0.206. The summed E-state index contributed by atoms with van der Waals surface area (Å²) in [6, 6.07) is 23.1. The number of amides is 1. The van der Waals surface area contributed by atoms with Gasteiger partial charge >= 0.3 is 0 Å². The van der Waals surface area contributed by atoms with E-state index in [1.165, 1.54) is 5.56 Å². The SMILES string of the molecule is COc1cccc(C(=O)N2CCc3ccccc3[C@@H]2c2ccccc2Cl)c1. The predicted octanol–water partition coefficient (Wildman–Crippen LogP) is 5.14. The second-order valence-electron chi connectivity index (χ2n) is 6.60. The molecule has 3 nitrogen and oxygen atoms in total. The first-order chi connectivity index (χ1) is 13.2. The standard InChI is InChI=1S/C23H20ClNO2/c1-27-18-9-6-8-17(15-18)23(26)25-14-13-16-7-2-3-10-19(16)22(25)20-11-4-5-12-21(20)24/h2-12,15,22H,13-14H2,1H3/t22-/m1/s1. The monoisotopic (exact) mass is 377 g/mol. The van der Waals surface area contributed by atoms with Gasteiger partial charge in [0.05, 0.1) is 13.2 Å². The van der Waals surface area contributed by atoms with Gasteiger partial charge in [-0.25, -0.2) is 0 Å². The molecule has 1 aliphatic rings. The number of hydrogen-bond donors (Lipinski definition) is 0. The average molecular weight is 378 g/mol. The molecule has 3 aromatic rings. The molecular formula is C23H20ClNO2. The Morgan fingerprint density at radius 3 is 2.52 bits per heavy atom. The summed E-state index contributed by atoms with van der Waals surface area (Å²) in [7, 11) is 1.60. The molecule has 0 fully saturated rings. The van der Waals surface area contributed by atoms with Crippen LogP contribution in [0.15, 0.2) is 72.8 Å². The molecular weight excluding hydrogens is 358 g/mol. The molecule has 0 spiro atoms. The van der Waals surface area contributed by atoms with Crippen molar-refractivity contribution in [2.45, 2.75) is 12.5 Å². The molecule has 1 atom stereocenters. The largest absolute Gasteiger partial charge is 0.497 e. The lowest BCUT2D eigenvalue weighted by Gasteiger charge is -2.38. The first-order valence-corrected chi connectivity index (χ1v) is 9.34. The van der Waals surface area contributed by atoms with E-state index in [-0.39, 0.29) is 11.9 Å². The minimum absolute atomic E-state index is 0.0201. The minimum Gasteiger partial charge on any atom is -0.497 e. The zero-order valence-electron chi connectivity index (χ0n) is 15.1. The Bertz CT molecular complexity index is 985. The van der Waals surface area contributed by atoms with Crippen LogP contribution in [0.1, 0.15) is 33.1 Å². The van der Waals surface area contributed by atoms with Crippen LogP contribution in [0.25, 0.3) is 0 Å². The molecule has 1 amide bonds. The van der Waals surface area contributed by atoms with E-state index in [1.807, 2.05) is 59.5 Å². The Hall–Kier alpha value is -2.78. The van der Waals surface area contributed by atoms with Gasteiger partial charge in [0.1, 0.15) is 5.75 Å². The summed E-state index contributed by atoms with van der Waals surface area (Å²) in [6.07, 6.45) is 0.826. The lowest BCUT2D eigenvalue weighted by molar-refractivity contribution is 0.0694. The summed E-state index contributed by atoms with van der Waals surface area (Å²) in [4.78, 5) is 15.3. The van der Waals surface area contributed by atoms with E-state index in [0.29, 0.717) is 22.9 Å². The summed E-state index contributed by atoms with van der Waals surface area (Å²) >= 11 is 6.53. The third-order valence-corrected chi connectivity index (χ3v) is 5.40. The zero-order chi connectivity index (χ0) is 18.8. The van der Waals surface area contributed by atoms with Crippen molar-refractivity contribution in [1.82, 2.24) is 4.90 Å². The number of halogens is 1. The van der Waals surface area contributed by atoms with Crippen LogP contribution >= 0.6 is 11.6 Å². The molecule has 0 saturated heterocycles. The van der Waals surface area contributed by atoms with Crippen molar-refractivity contribution >= 4 is 17.5 Å². The van der Waals surface area contributed by atoms with E-state index < -0.39 is 0 Å². The molecule has 0 aliphatic carbocycles. The van der Waals surface area contributed by atoms with Gasteiger partial charge < -0.3 is 9.64 Å². The maximum atomic E-state index is 13.4. The number of carbonyl (C=O) groups excluding carboxylic acids is 1. The third-order valence-electron chi connectivity index (χ3n) is 5.06. The topological polar surface area (TPSA) is 29.5 Å². The summed E-state index contributed by atoms with van der Waals surface area (Å²) in [6.45, 7) is 0.642. The van der Waals surface area contributed by atoms with Gasteiger partial charge in [0.25, 0.3) is 5.91 Å². The number of rotatable bonds is 3. The highest BCUT2D eigenvalue weighted by atomic mass is 35.5. The fourth-order valence-corrected chi connectivity index (χ4v) is 3.98. The number of carbonyl (C=O) groups is 1. The van der Waals surface area contributed by atoms with Crippen LogP contribution < -0.4 is 4.74 Å².